The van der Waals surface area contributed by atoms with Crippen molar-refractivity contribution in [3.63, 3.8) is 0 Å². The zero-order valence-corrected chi connectivity index (χ0v) is 9.74. The third-order valence-electron chi connectivity index (χ3n) is 2.51. The Morgan fingerprint density at radius 1 is 1.65 bits per heavy atom. The van der Waals surface area contributed by atoms with E-state index in [9.17, 15) is 4.79 Å². The topological polar surface area (TPSA) is 79.7 Å². The number of H-pyrrole nitrogens is 1. The van der Waals surface area contributed by atoms with Crippen LogP contribution in [0.1, 0.15) is 18.8 Å². The lowest BCUT2D eigenvalue weighted by atomic mass is 10.3. The number of imidazole rings is 1. The normalized spacial score (nSPS) is 12.4. The number of aromatic nitrogens is 5. The van der Waals surface area contributed by atoms with Crippen molar-refractivity contribution in [2.24, 2.45) is 0 Å². The van der Waals surface area contributed by atoms with E-state index < -0.39 is 0 Å². The fourth-order valence-corrected chi connectivity index (χ4v) is 1.54. The summed E-state index contributed by atoms with van der Waals surface area (Å²) in [6.07, 6.45) is 6.34. The summed E-state index contributed by atoms with van der Waals surface area (Å²) in [6.45, 7) is 2.24. The van der Waals surface area contributed by atoms with Gasteiger partial charge in [-0.1, -0.05) is 0 Å². The van der Waals surface area contributed by atoms with Crippen molar-refractivity contribution < 1.29 is 4.79 Å². The molecule has 1 N–H and O–H groups in total. The zero-order chi connectivity index (χ0) is 12.3. The predicted molar refractivity (Wildman–Crippen MR) is 59.8 cm³/mol. The van der Waals surface area contributed by atoms with Crippen molar-refractivity contribution in [3.05, 3.63) is 30.9 Å². The zero-order valence-electron chi connectivity index (χ0n) is 9.74. The van der Waals surface area contributed by atoms with E-state index in [1.165, 1.54) is 17.3 Å². The molecule has 2 aromatic heterocycles. The molecule has 7 heteroatoms. The number of nitrogens with zero attached hydrogens (tertiary/aromatic N) is 5. The minimum atomic E-state index is -0.363. The van der Waals surface area contributed by atoms with Gasteiger partial charge in [-0.3, -0.25) is 4.79 Å². The molecular weight excluding hydrogens is 220 g/mol. The molecule has 2 aromatic rings. The first-order valence-electron chi connectivity index (χ1n) is 5.26. The molecule has 0 bridgehead atoms. The van der Waals surface area contributed by atoms with Crippen LogP contribution in [0, 0.1) is 0 Å². The lowest BCUT2D eigenvalue weighted by Gasteiger charge is -2.20. The van der Waals surface area contributed by atoms with Crippen LogP contribution in [0.3, 0.4) is 0 Å². The molecule has 0 fully saturated rings. The second-order valence-corrected chi connectivity index (χ2v) is 3.78. The van der Waals surface area contributed by atoms with Crippen molar-refractivity contribution in [2.45, 2.75) is 19.5 Å². The maximum absolute atomic E-state index is 12.1. The highest BCUT2D eigenvalue weighted by Gasteiger charge is 2.20. The molecule has 0 spiro atoms. The Labute approximate surface area is 98.5 Å². The Hall–Kier alpha value is -2.18. The first-order valence-corrected chi connectivity index (χ1v) is 5.26. The highest BCUT2D eigenvalue weighted by atomic mass is 16.2. The van der Waals surface area contributed by atoms with Gasteiger partial charge in [0.15, 0.2) is 0 Å². The number of nitrogens with one attached hydrogen (secondary N) is 1. The summed E-state index contributed by atoms with van der Waals surface area (Å²) in [5.41, 5.74) is 0. The molecule has 0 aliphatic heterocycles. The molecule has 1 unspecified atom stereocenters. The van der Waals surface area contributed by atoms with Gasteiger partial charge in [0.25, 0.3) is 0 Å². The van der Waals surface area contributed by atoms with Crippen LogP contribution >= 0.6 is 0 Å². The summed E-state index contributed by atoms with van der Waals surface area (Å²) < 4.78 is 1.53. The summed E-state index contributed by atoms with van der Waals surface area (Å²) in [7, 11) is 1.73. The van der Waals surface area contributed by atoms with Crippen molar-refractivity contribution in [2.75, 3.05) is 7.05 Å². The van der Waals surface area contributed by atoms with E-state index in [2.05, 4.69) is 20.1 Å². The molecule has 0 aliphatic rings. The Bertz CT molecular complexity index is 463. The molecule has 2 heterocycles. The molecule has 2 rings (SSSR count). The number of aromatic amines is 1. The third kappa shape index (κ3) is 2.49. The fraction of sp³-hybridized carbons (Fsp3) is 0.400. The number of likely N-dealkylation sites (N-methyl/N-ethyl adjacent to an activating group) is 1. The first kappa shape index (κ1) is 11.3. The molecule has 0 aliphatic carbocycles. The van der Waals surface area contributed by atoms with Crippen molar-refractivity contribution >= 4 is 5.91 Å². The molecule has 0 saturated carbocycles. The van der Waals surface area contributed by atoms with Gasteiger partial charge in [0.1, 0.15) is 24.5 Å². The van der Waals surface area contributed by atoms with Crippen LogP contribution in [0.25, 0.3) is 0 Å². The summed E-state index contributed by atoms with van der Waals surface area (Å²) in [5, 5.41) is 3.95. The molecule has 7 nitrogen and oxygen atoms in total. The van der Waals surface area contributed by atoms with Gasteiger partial charge in [-0.2, -0.15) is 5.10 Å². The van der Waals surface area contributed by atoms with E-state index in [1.807, 2.05) is 0 Å². The van der Waals surface area contributed by atoms with Crippen molar-refractivity contribution in [1.29, 1.82) is 0 Å². The summed E-state index contributed by atoms with van der Waals surface area (Å²) >= 11 is 0. The number of carbonyl (C=O) groups is 1. The minimum absolute atomic E-state index is 0.0353. The largest absolute Gasteiger partial charge is 0.347 e. The lowest BCUT2D eigenvalue weighted by molar-refractivity contribution is -0.133. The van der Waals surface area contributed by atoms with Crippen LogP contribution in [-0.2, 0) is 11.3 Å². The summed E-state index contributed by atoms with van der Waals surface area (Å²) in [6, 6.07) is -0.363. The van der Waals surface area contributed by atoms with Crippen LogP contribution in [0.15, 0.2) is 25.0 Å². The first-order chi connectivity index (χ1) is 8.18. The quantitative estimate of drug-likeness (QED) is 0.820. The van der Waals surface area contributed by atoms with Gasteiger partial charge in [-0.15, -0.1) is 0 Å². The van der Waals surface area contributed by atoms with E-state index in [0.717, 1.165) is 5.82 Å². The molecule has 1 atom stereocenters. The molecule has 1 amide bonds. The van der Waals surface area contributed by atoms with E-state index in [4.69, 9.17) is 0 Å². The van der Waals surface area contributed by atoms with Gasteiger partial charge in [0.2, 0.25) is 5.91 Å². The number of amides is 1. The minimum Gasteiger partial charge on any atom is -0.347 e. The Morgan fingerprint density at radius 2 is 2.47 bits per heavy atom. The smallest absolute Gasteiger partial charge is 0.247 e. The summed E-state index contributed by atoms with van der Waals surface area (Å²) in [4.78, 5) is 24.5. The molecule has 90 valence electrons. The SMILES string of the molecule is CC(C(=O)N(C)Cc1ncc[nH]1)n1cncn1. The van der Waals surface area contributed by atoms with Gasteiger partial charge in [-0.25, -0.2) is 14.6 Å². The number of carbonyl (C=O) groups excluding carboxylic acids is 1. The Balaban J connectivity index is 2.00. The number of rotatable bonds is 4. The average Bonchev–Trinajstić information content (AvgIpc) is 2.99. The fourth-order valence-electron chi connectivity index (χ4n) is 1.54. The monoisotopic (exact) mass is 234 g/mol. The Morgan fingerprint density at radius 3 is 3.06 bits per heavy atom. The third-order valence-corrected chi connectivity index (χ3v) is 2.51. The second-order valence-electron chi connectivity index (χ2n) is 3.78. The van der Waals surface area contributed by atoms with E-state index in [-0.39, 0.29) is 11.9 Å². The second kappa shape index (κ2) is 4.77. The van der Waals surface area contributed by atoms with Gasteiger partial charge < -0.3 is 9.88 Å². The highest BCUT2D eigenvalue weighted by Crippen LogP contribution is 2.08. The summed E-state index contributed by atoms with van der Waals surface area (Å²) in [5.74, 6) is 0.721. The highest BCUT2D eigenvalue weighted by molar-refractivity contribution is 5.79. The van der Waals surface area contributed by atoms with Crippen LogP contribution in [0.4, 0.5) is 0 Å². The van der Waals surface area contributed by atoms with E-state index >= 15 is 0 Å². The maximum atomic E-state index is 12.1. The predicted octanol–water partition coefficient (Wildman–Crippen LogP) is 0.221. The van der Waals surface area contributed by atoms with Crippen LogP contribution in [-0.4, -0.2) is 42.6 Å². The van der Waals surface area contributed by atoms with E-state index in [1.54, 1.807) is 31.3 Å². The molecule has 0 aromatic carbocycles. The Kier molecular flexibility index (Phi) is 3.17. The molecule has 0 saturated heterocycles. The maximum Gasteiger partial charge on any atom is 0.247 e. The van der Waals surface area contributed by atoms with Crippen molar-refractivity contribution in [3.8, 4) is 0 Å². The van der Waals surface area contributed by atoms with Crippen LogP contribution in [0.2, 0.25) is 0 Å². The standard InChI is InChI=1S/C10H14N6O/c1-8(16-7-11-6-14-16)10(17)15(2)5-9-12-3-4-13-9/h3-4,6-8H,5H2,1-2H3,(H,12,13). The van der Waals surface area contributed by atoms with Gasteiger partial charge >= 0.3 is 0 Å². The lowest BCUT2D eigenvalue weighted by Crippen LogP contribution is -2.33. The molecular formula is C10H14N6O. The van der Waals surface area contributed by atoms with Gasteiger partial charge in [0, 0.05) is 19.4 Å². The van der Waals surface area contributed by atoms with Gasteiger partial charge in [0.05, 0.1) is 6.54 Å². The molecule has 17 heavy (non-hydrogen) atoms. The van der Waals surface area contributed by atoms with Gasteiger partial charge in [-0.05, 0) is 6.92 Å². The van der Waals surface area contributed by atoms with Crippen molar-refractivity contribution in [1.82, 2.24) is 29.6 Å². The molecule has 0 radical (unpaired) electrons. The number of hydrogen-bond acceptors (Lipinski definition) is 4. The van der Waals surface area contributed by atoms with Crippen LogP contribution in [0.5, 0.6) is 0 Å². The van der Waals surface area contributed by atoms with Crippen LogP contribution < -0.4 is 0 Å². The van der Waals surface area contributed by atoms with E-state index in [0.29, 0.717) is 6.54 Å². The average molecular weight is 234 g/mol. The number of hydrogen-bond donors (Lipinski definition) is 1.